The van der Waals surface area contributed by atoms with E-state index in [2.05, 4.69) is 26.5 Å². The smallest absolute Gasteiger partial charge is 0.347 e. The van der Waals surface area contributed by atoms with Crippen molar-refractivity contribution in [3.63, 3.8) is 0 Å². The number of halogens is 2. The number of aromatic nitrogens is 3. The van der Waals surface area contributed by atoms with Crippen LogP contribution in [0.15, 0.2) is 41.3 Å². The van der Waals surface area contributed by atoms with E-state index in [1.54, 1.807) is 12.3 Å². The third-order valence-electron chi connectivity index (χ3n) is 5.16. The number of nitrogens with zero attached hydrogens (tertiary/aromatic N) is 3. The largest absolute Gasteiger partial charge is 0.492 e. The highest BCUT2D eigenvalue weighted by molar-refractivity contribution is 6.30. The molecular formula is C21H27Cl2N5O3. The van der Waals surface area contributed by atoms with E-state index in [1.807, 2.05) is 18.2 Å². The molecule has 1 aliphatic heterocycles. The van der Waals surface area contributed by atoms with Crippen LogP contribution in [0.4, 0.5) is 5.69 Å². The van der Waals surface area contributed by atoms with E-state index in [9.17, 15) is 4.79 Å². The number of ether oxygens (including phenoxy) is 2. The molecule has 10 heteroatoms. The van der Waals surface area contributed by atoms with Crippen LogP contribution < -0.4 is 15.7 Å². The number of nitrogens with one attached hydrogen (secondary N) is 2. The first-order chi connectivity index (χ1) is 14.7. The van der Waals surface area contributed by atoms with Crippen LogP contribution in [0.1, 0.15) is 12.0 Å². The molecule has 2 N–H and O–H groups in total. The standard InChI is InChI=1S/C21H26ClN5O3.ClH/c22-17-14-18(20-24-25-21(28)27(20)15-17)23-7-3-5-16-4-1-2-6-19(16)30-13-10-26-8-11-29-12-9-26;/h1-2,4,6,14-15,23H,3,5,7-13H2,(H,25,28);1H. The molecule has 3 aromatic rings. The number of rotatable bonds is 9. The number of aryl methyl sites for hydroxylation is 1. The lowest BCUT2D eigenvalue weighted by molar-refractivity contribution is 0.0322. The van der Waals surface area contributed by atoms with Crippen LogP contribution >= 0.6 is 24.0 Å². The zero-order chi connectivity index (χ0) is 20.8. The second-order valence-corrected chi connectivity index (χ2v) is 7.67. The lowest BCUT2D eigenvalue weighted by atomic mass is 10.1. The molecule has 0 bridgehead atoms. The highest BCUT2D eigenvalue weighted by Gasteiger charge is 2.11. The monoisotopic (exact) mass is 467 g/mol. The van der Waals surface area contributed by atoms with Gasteiger partial charge in [0.15, 0.2) is 5.65 Å². The summed E-state index contributed by atoms with van der Waals surface area (Å²) in [6.07, 6.45) is 3.33. The van der Waals surface area contributed by atoms with Crippen LogP contribution in [0.25, 0.3) is 5.65 Å². The van der Waals surface area contributed by atoms with Crippen LogP contribution in [0.5, 0.6) is 5.75 Å². The van der Waals surface area contributed by atoms with E-state index >= 15 is 0 Å². The van der Waals surface area contributed by atoms with Crippen molar-refractivity contribution in [2.24, 2.45) is 0 Å². The van der Waals surface area contributed by atoms with Gasteiger partial charge in [0.1, 0.15) is 12.4 Å². The third-order valence-corrected chi connectivity index (χ3v) is 5.37. The van der Waals surface area contributed by atoms with Gasteiger partial charge in [0.2, 0.25) is 0 Å². The van der Waals surface area contributed by atoms with Crippen molar-refractivity contribution in [3.8, 4) is 5.75 Å². The summed E-state index contributed by atoms with van der Waals surface area (Å²) in [6.45, 7) is 5.84. The van der Waals surface area contributed by atoms with Gasteiger partial charge in [-0.1, -0.05) is 29.8 Å². The highest BCUT2D eigenvalue weighted by Crippen LogP contribution is 2.21. The molecule has 1 fully saturated rings. The average molecular weight is 468 g/mol. The van der Waals surface area contributed by atoms with Gasteiger partial charge < -0.3 is 14.8 Å². The second kappa shape index (κ2) is 11.4. The number of benzene rings is 1. The van der Waals surface area contributed by atoms with E-state index in [1.165, 1.54) is 9.96 Å². The summed E-state index contributed by atoms with van der Waals surface area (Å²) in [7, 11) is 0. The zero-order valence-electron chi connectivity index (χ0n) is 17.2. The molecule has 0 amide bonds. The fourth-order valence-corrected chi connectivity index (χ4v) is 3.78. The number of aromatic amines is 1. The maximum Gasteiger partial charge on any atom is 0.347 e. The van der Waals surface area contributed by atoms with Crippen molar-refractivity contribution in [1.82, 2.24) is 19.5 Å². The Kier molecular flexibility index (Phi) is 8.60. The second-order valence-electron chi connectivity index (χ2n) is 7.23. The number of H-pyrrole nitrogens is 1. The zero-order valence-corrected chi connectivity index (χ0v) is 18.8. The molecule has 3 heterocycles. The molecule has 1 aliphatic rings. The number of pyridine rings is 1. The van der Waals surface area contributed by atoms with Crippen molar-refractivity contribution in [2.75, 3.05) is 51.3 Å². The van der Waals surface area contributed by atoms with E-state index in [0.717, 1.165) is 63.7 Å². The van der Waals surface area contributed by atoms with Crippen LogP contribution in [0, 0.1) is 0 Å². The van der Waals surface area contributed by atoms with Crippen LogP contribution in [-0.4, -0.2) is 65.5 Å². The van der Waals surface area contributed by atoms with Crippen molar-refractivity contribution >= 4 is 35.3 Å². The molecule has 2 aromatic heterocycles. The minimum Gasteiger partial charge on any atom is -0.492 e. The number of hydrogen-bond donors (Lipinski definition) is 2. The Bertz CT molecular complexity index is 1030. The number of para-hydroxylation sites is 1. The average Bonchev–Trinajstić information content (AvgIpc) is 3.13. The summed E-state index contributed by atoms with van der Waals surface area (Å²) in [5.41, 5.74) is 2.15. The SMILES string of the molecule is Cl.O=c1[nH]nc2c(NCCCc3ccccc3OCCN3CCOCC3)cc(Cl)cn12. The molecule has 0 aliphatic carbocycles. The molecule has 1 saturated heterocycles. The summed E-state index contributed by atoms with van der Waals surface area (Å²) >= 11 is 6.12. The quantitative estimate of drug-likeness (QED) is 0.470. The van der Waals surface area contributed by atoms with Gasteiger partial charge in [0.25, 0.3) is 0 Å². The minimum atomic E-state index is -0.307. The van der Waals surface area contributed by atoms with Crippen molar-refractivity contribution < 1.29 is 9.47 Å². The summed E-state index contributed by atoms with van der Waals surface area (Å²) < 4.78 is 12.8. The van der Waals surface area contributed by atoms with Gasteiger partial charge in [-0.05, 0) is 30.5 Å². The Morgan fingerprint density at radius 1 is 1.26 bits per heavy atom. The van der Waals surface area contributed by atoms with Gasteiger partial charge in [-0.2, -0.15) is 5.10 Å². The van der Waals surface area contributed by atoms with Gasteiger partial charge >= 0.3 is 5.69 Å². The molecule has 0 unspecified atom stereocenters. The lowest BCUT2D eigenvalue weighted by Crippen LogP contribution is -2.38. The summed E-state index contributed by atoms with van der Waals surface area (Å²) in [4.78, 5) is 14.1. The number of hydrogen-bond acceptors (Lipinski definition) is 6. The Balaban J connectivity index is 0.00000272. The Hall–Kier alpha value is -2.26. The van der Waals surface area contributed by atoms with Crippen molar-refractivity contribution in [1.29, 1.82) is 0 Å². The molecule has 1 aromatic carbocycles. The predicted molar refractivity (Wildman–Crippen MR) is 124 cm³/mol. The predicted octanol–water partition coefficient (Wildman–Crippen LogP) is 2.85. The van der Waals surface area contributed by atoms with E-state index < -0.39 is 0 Å². The number of morpholine rings is 1. The molecule has 0 saturated carbocycles. The van der Waals surface area contributed by atoms with Gasteiger partial charge in [-0.25, -0.2) is 14.3 Å². The Morgan fingerprint density at radius 3 is 2.90 bits per heavy atom. The van der Waals surface area contributed by atoms with Gasteiger partial charge in [-0.3, -0.25) is 4.90 Å². The molecule has 31 heavy (non-hydrogen) atoms. The minimum absolute atomic E-state index is 0. The van der Waals surface area contributed by atoms with Gasteiger partial charge in [-0.15, -0.1) is 12.4 Å². The number of anilines is 1. The maximum atomic E-state index is 11.8. The summed E-state index contributed by atoms with van der Waals surface area (Å²) in [6, 6.07) is 9.95. The summed E-state index contributed by atoms with van der Waals surface area (Å²) in [5.74, 6) is 0.940. The first kappa shape index (κ1) is 23.4. The first-order valence-electron chi connectivity index (χ1n) is 10.2. The third kappa shape index (κ3) is 6.13. The fourth-order valence-electron chi connectivity index (χ4n) is 3.57. The molecule has 0 atom stereocenters. The van der Waals surface area contributed by atoms with Gasteiger partial charge in [0.05, 0.1) is 23.9 Å². The first-order valence-corrected chi connectivity index (χ1v) is 10.6. The van der Waals surface area contributed by atoms with Crippen molar-refractivity contribution in [2.45, 2.75) is 12.8 Å². The van der Waals surface area contributed by atoms with Crippen molar-refractivity contribution in [3.05, 3.63) is 57.6 Å². The highest BCUT2D eigenvalue weighted by atomic mass is 35.5. The topological polar surface area (TPSA) is 83.9 Å². The Morgan fingerprint density at radius 2 is 2.06 bits per heavy atom. The van der Waals surface area contributed by atoms with E-state index in [-0.39, 0.29) is 18.1 Å². The number of fused-ring (bicyclic) bond motifs is 1. The van der Waals surface area contributed by atoms with Crippen LogP contribution in [0.2, 0.25) is 5.02 Å². The normalized spacial score (nSPS) is 14.4. The lowest BCUT2D eigenvalue weighted by Gasteiger charge is -2.26. The van der Waals surface area contributed by atoms with Crippen LogP contribution in [-0.2, 0) is 11.2 Å². The molecule has 0 radical (unpaired) electrons. The molecule has 0 spiro atoms. The molecule has 168 valence electrons. The maximum absolute atomic E-state index is 11.8. The van der Waals surface area contributed by atoms with E-state index in [4.69, 9.17) is 21.1 Å². The molecular weight excluding hydrogens is 441 g/mol. The Labute approximate surface area is 191 Å². The molecule has 8 nitrogen and oxygen atoms in total. The van der Waals surface area contributed by atoms with Crippen LogP contribution in [0.3, 0.4) is 0 Å². The van der Waals surface area contributed by atoms with Gasteiger partial charge in [0, 0.05) is 32.4 Å². The molecule has 4 rings (SSSR count). The summed E-state index contributed by atoms with van der Waals surface area (Å²) in [5, 5.41) is 10.3. The fraction of sp³-hybridized carbons (Fsp3) is 0.429. The van der Waals surface area contributed by atoms with E-state index in [0.29, 0.717) is 17.3 Å².